The first kappa shape index (κ1) is 17.3. The van der Waals surface area contributed by atoms with Crippen LogP contribution in [0.25, 0.3) is 0 Å². The molecule has 1 aromatic heterocycles. The minimum atomic E-state index is 0. The standard InChI is InChI=1S/C12H15BrN6O.ClH/c1-3-11-16-18-12(19(11)14)17-15-7-8-6-9(13)4-5-10(8)20-2;/h4-7H,3,14H2,1-2H3,(H,17,18);1H. The minimum absolute atomic E-state index is 0. The van der Waals surface area contributed by atoms with Crippen molar-refractivity contribution in [2.75, 3.05) is 18.4 Å². The highest BCUT2D eigenvalue weighted by molar-refractivity contribution is 9.10. The lowest BCUT2D eigenvalue weighted by molar-refractivity contribution is 0.414. The van der Waals surface area contributed by atoms with E-state index in [1.165, 1.54) is 4.68 Å². The molecule has 0 atom stereocenters. The first-order valence-corrected chi connectivity index (χ1v) is 6.77. The molecule has 9 heteroatoms. The lowest BCUT2D eigenvalue weighted by atomic mass is 10.2. The lowest BCUT2D eigenvalue weighted by Crippen LogP contribution is -2.14. The highest BCUT2D eigenvalue weighted by Crippen LogP contribution is 2.21. The van der Waals surface area contributed by atoms with E-state index in [1.54, 1.807) is 13.3 Å². The van der Waals surface area contributed by atoms with Gasteiger partial charge >= 0.3 is 0 Å². The molecule has 2 aromatic rings. The molecular formula is C12H16BrClN6O. The van der Waals surface area contributed by atoms with Gasteiger partial charge in [-0.2, -0.15) is 5.10 Å². The molecule has 0 unspecified atom stereocenters. The molecule has 21 heavy (non-hydrogen) atoms. The van der Waals surface area contributed by atoms with Gasteiger partial charge in [0.1, 0.15) is 5.75 Å². The fraction of sp³-hybridized carbons (Fsp3) is 0.250. The van der Waals surface area contributed by atoms with Crippen molar-refractivity contribution >= 4 is 40.5 Å². The van der Waals surface area contributed by atoms with Crippen molar-refractivity contribution in [2.45, 2.75) is 13.3 Å². The van der Waals surface area contributed by atoms with Gasteiger partial charge in [0.15, 0.2) is 5.82 Å². The van der Waals surface area contributed by atoms with Gasteiger partial charge in [-0.1, -0.05) is 22.9 Å². The Hall–Kier alpha value is -1.80. The molecule has 0 fully saturated rings. The zero-order valence-corrected chi connectivity index (χ0v) is 14.0. The molecule has 0 aliphatic heterocycles. The average molecular weight is 376 g/mol. The van der Waals surface area contributed by atoms with E-state index in [9.17, 15) is 0 Å². The largest absolute Gasteiger partial charge is 0.496 e. The molecule has 3 N–H and O–H groups in total. The number of anilines is 1. The molecule has 2 rings (SSSR count). The van der Waals surface area contributed by atoms with Crippen molar-refractivity contribution in [1.82, 2.24) is 14.9 Å². The van der Waals surface area contributed by atoms with E-state index >= 15 is 0 Å². The molecule has 0 aliphatic rings. The maximum absolute atomic E-state index is 5.80. The maximum Gasteiger partial charge on any atom is 0.263 e. The molecule has 0 amide bonds. The summed E-state index contributed by atoms with van der Waals surface area (Å²) in [5.41, 5.74) is 3.58. The van der Waals surface area contributed by atoms with E-state index in [0.717, 1.165) is 15.8 Å². The van der Waals surface area contributed by atoms with Crippen LogP contribution in [0.2, 0.25) is 0 Å². The van der Waals surface area contributed by atoms with Crippen molar-refractivity contribution in [3.8, 4) is 5.75 Å². The number of nitrogens with zero attached hydrogens (tertiary/aromatic N) is 4. The number of nitrogens with two attached hydrogens (primary N) is 1. The van der Waals surface area contributed by atoms with Crippen LogP contribution in [0.3, 0.4) is 0 Å². The second kappa shape index (κ2) is 7.84. The van der Waals surface area contributed by atoms with Crippen LogP contribution >= 0.6 is 28.3 Å². The first-order valence-electron chi connectivity index (χ1n) is 5.97. The number of hydrogen-bond donors (Lipinski definition) is 2. The molecule has 7 nitrogen and oxygen atoms in total. The van der Waals surface area contributed by atoms with Crippen LogP contribution in [0.4, 0.5) is 5.95 Å². The zero-order valence-electron chi connectivity index (χ0n) is 11.6. The highest BCUT2D eigenvalue weighted by Gasteiger charge is 2.06. The summed E-state index contributed by atoms with van der Waals surface area (Å²) in [6.45, 7) is 1.95. The Balaban J connectivity index is 0.00000220. The molecule has 1 aromatic carbocycles. The quantitative estimate of drug-likeness (QED) is 0.475. The Labute approximate surface area is 137 Å². The van der Waals surface area contributed by atoms with E-state index in [2.05, 4.69) is 36.7 Å². The van der Waals surface area contributed by atoms with Crippen LogP contribution in [-0.4, -0.2) is 28.2 Å². The highest BCUT2D eigenvalue weighted by atomic mass is 79.9. The number of hydrogen-bond acceptors (Lipinski definition) is 6. The van der Waals surface area contributed by atoms with Gasteiger partial charge in [-0.25, -0.2) is 10.1 Å². The predicted molar refractivity (Wildman–Crippen MR) is 88.7 cm³/mol. The summed E-state index contributed by atoms with van der Waals surface area (Å²) in [6.07, 6.45) is 2.33. The Morgan fingerprint density at radius 2 is 2.24 bits per heavy atom. The van der Waals surface area contributed by atoms with E-state index in [-0.39, 0.29) is 12.4 Å². The van der Waals surface area contributed by atoms with Gasteiger partial charge in [0.2, 0.25) is 0 Å². The van der Waals surface area contributed by atoms with E-state index < -0.39 is 0 Å². The number of halogens is 2. The van der Waals surface area contributed by atoms with Crippen LogP contribution in [0.1, 0.15) is 18.3 Å². The maximum atomic E-state index is 5.80. The van der Waals surface area contributed by atoms with Crippen LogP contribution < -0.4 is 16.0 Å². The summed E-state index contributed by atoms with van der Waals surface area (Å²) in [7, 11) is 1.61. The van der Waals surface area contributed by atoms with Gasteiger partial charge in [0, 0.05) is 16.5 Å². The van der Waals surface area contributed by atoms with Crippen LogP contribution in [0, 0.1) is 0 Å². The van der Waals surface area contributed by atoms with Gasteiger partial charge in [0.25, 0.3) is 5.95 Å². The molecule has 114 valence electrons. The van der Waals surface area contributed by atoms with Crippen LogP contribution in [-0.2, 0) is 6.42 Å². The summed E-state index contributed by atoms with van der Waals surface area (Å²) in [5.74, 6) is 7.59. The lowest BCUT2D eigenvalue weighted by Gasteiger charge is -2.05. The Bertz CT molecular complexity index is 630. The van der Waals surface area contributed by atoms with E-state index in [1.807, 2.05) is 25.1 Å². The molecule has 0 radical (unpaired) electrons. The third-order valence-corrected chi connectivity index (χ3v) is 3.14. The topological polar surface area (TPSA) is 90.4 Å². The fourth-order valence-corrected chi connectivity index (χ4v) is 1.99. The Kier molecular flexibility index (Phi) is 6.44. The predicted octanol–water partition coefficient (Wildman–Crippen LogP) is 2.19. The third-order valence-electron chi connectivity index (χ3n) is 2.64. The smallest absolute Gasteiger partial charge is 0.263 e. The number of methoxy groups -OCH3 is 1. The molecule has 0 saturated carbocycles. The molecule has 0 spiro atoms. The SMILES string of the molecule is CCc1nnc(NN=Cc2cc(Br)ccc2OC)n1N.Cl. The summed E-state index contributed by atoms with van der Waals surface area (Å²) in [6, 6.07) is 5.65. The van der Waals surface area contributed by atoms with E-state index in [4.69, 9.17) is 10.6 Å². The zero-order chi connectivity index (χ0) is 14.5. The normalized spacial score (nSPS) is 10.4. The summed E-state index contributed by atoms with van der Waals surface area (Å²) in [5, 5.41) is 11.9. The van der Waals surface area contributed by atoms with Gasteiger partial charge in [-0.05, 0) is 18.2 Å². The minimum Gasteiger partial charge on any atom is -0.496 e. The fourth-order valence-electron chi connectivity index (χ4n) is 1.61. The monoisotopic (exact) mass is 374 g/mol. The van der Waals surface area contributed by atoms with Crippen molar-refractivity contribution in [2.24, 2.45) is 5.10 Å². The van der Waals surface area contributed by atoms with Gasteiger partial charge in [0.05, 0.1) is 13.3 Å². The molecule has 0 aliphatic carbocycles. The van der Waals surface area contributed by atoms with Crippen LogP contribution in [0.15, 0.2) is 27.8 Å². The summed E-state index contributed by atoms with van der Waals surface area (Å²) >= 11 is 3.40. The number of aryl methyl sites for hydroxylation is 1. The molecule has 0 saturated heterocycles. The van der Waals surface area contributed by atoms with Crippen molar-refractivity contribution in [3.05, 3.63) is 34.1 Å². The molecular weight excluding hydrogens is 360 g/mol. The third kappa shape index (κ3) is 4.08. The van der Waals surface area contributed by atoms with E-state index in [0.29, 0.717) is 18.2 Å². The number of benzene rings is 1. The summed E-state index contributed by atoms with van der Waals surface area (Å²) < 4.78 is 7.56. The Morgan fingerprint density at radius 3 is 2.86 bits per heavy atom. The summed E-state index contributed by atoms with van der Waals surface area (Å²) in [4.78, 5) is 0. The van der Waals surface area contributed by atoms with Gasteiger partial charge in [-0.15, -0.1) is 22.6 Å². The number of aromatic nitrogens is 3. The van der Waals surface area contributed by atoms with Gasteiger partial charge < -0.3 is 10.6 Å². The molecule has 0 bridgehead atoms. The second-order valence-electron chi connectivity index (χ2n) is 3.92. The first-order chi connectivity index (χ1) is 9.65. The number of rotatable bonds is 5. The van der Waals surface area contributed by atoms with Crippen molar-refractivity contribution < 1.29 is 4.74 Å². The average Bonchev–Trinajstić information content (AvgIpc) is 2.80. The number of nitrogens with one attached hydrogen (secondary N) is 1. The number of ether oxygens (including phenoxy) is 1. The van der Waals surface area contributed by atoms with Gasteiger partial charge in [-0.3, -0.25) is 0 Å². The molecule has 1 heterocycles. The van der Waals surface area contributed by atoms with Crippen molar-refractivity contribution in [3.63, 3.8) is 0 Å². The van der Waals surface area contributed by atoms with Crippen LogP contribution in [0.5, 0.6) is 5.75 Å². The Morgan fingerprint density at radius 1 is 1.48 bits per heavy atom. The number of nitrogen functional groups attached to an aromatic ring is 1. The second-order valence-corrected chi connectivity index (χ2v) is 4.84. The van der Waals surface area contributed by atoms with Crippen molar-refractivity contribution in [1.29, 1.82) is 0 Å². The number of hydrazone groups is 1.